The van der Waals surface area contributed by atoms with E-state index in [1.165, 1.54) is 4.90 Å². The summed E-state index contributed by atoms with van der Waals surface area (Å²) >= 11 is 5.29. The zero-order chi connectivity index (χ0) is 20.5. The number of nitrogens with one attached hydrogen (secondary N) is 1. The maximum absolute atomic E-state index is 13.2. The van der Waals surface area contributed by atoms with E-state index in [-0.39, 0.29) is 10.7 Å². The highest BCUT2D eigenvalue weighted by atomic mass is 32.1. The number of anilines is 1. The Labute approximate surface area is 174 Å². The lowest BCUT2D eigenvalue weighted by Crippen LogP contribution is -2.54. The first kappa shape index (κ1) is 18.8. The van der Waals surface area contributed by atoms with Gasteiger partial charge in [0.15, 0.2) is 5.11 Å². The average molecular weight is 401 g/mol. The third-order valence-electron chi connectivity index (χ3n) is 5.00. The monoisotopic (exact) mass is 401 g/mol. The molecule has 0 saturated carbocycles. The molecule has 0 aliphatic carbocycles. The van der Waals surface area contributed by atoms with Gasteiger partial charge in [-0.05, 0) is 73.1 Å². The van der Waals surface area contributed by atoms with Crippen LogP contribution in [-0.2, 0) is 9.59 Å². The molecular formula is C23H19N3O2S. The first-order chi connectivity index (χ1) is 14.0. The number of aryl methyl sites for hydroxylation is 1. The van der Waals surface area contributed by atoms with E-state index in [4.69, 9.17) is 12.2 Å². The summed E-state index contributed by atoms with van der Waals surface area (Å²) < 4.78 is 1.94. The van der Waals surface area contributed by atoms with E-state index in [1.54, 1.807) is 6.08 Å². The van der Waals surface area contributed by atoms with Crippen molar-refractivity contribution >= 4 is 40.9 Å². The van der Waals surface area contributed by atoms with E-state index in [0.29, 0.717) is 5.69 Å². The summed E-state index contributed by atoms with van der Waals surface area (Å²) in [6, 6.07) is 17.3. The summed E-state index contributed by atoms with van der Waals surface area (Å²) in [7, 11) is 0. The molecule has 2 heterocycles. The van der Waals surface area contributed by atoms with Crippen molar-refractivity contribution in [3.8, 4) is 5.69 Å². The second kappa shape index (κ2) is 7.48. The van der Waals surface area contributed by atoms with Crippen LogP contribution in [0.15, 0.2) is 72.6 Å². The highest BCUT2D eigenvalue weighted by Gasteiger charge is 2.35. The average Bonchev–Trinajstić information content (AvgIpc) is 3.18. The molecule has 5 nitrogen and oxygen atoms in total. The van der Waals surface area contributed by atoms with Crippen molar-refractivity contribution in [3.63, 3.8) is 0 Å². The normalized spacial score (nSPS) is 15.7. The van der Waals surface area contributed by atoms with Gasteiger partial charge in [-0.1, -0.05) is 30.3 Å². The van der Waals surface area contributed by atoms with Gasteiger partial charge in [0.25, 0.3) is 11.8 Å². The van der Waals surface area contributed by atoms with Crippen LogP contribution in [0.5, 0.6) is 0 Å². The van der Waals surface area contributed by atoms with Crippen LogP contribution in [-0.4, -0.2) is 21.5 Å². The number of carbonyl (C=O) groups excluding carboxylic acids is 2. The number of carbonyl (C=O) groups is 2. The molecule has 144 valence electrons. The van der Waals surface area contributed by atoms with Gasteiger partial charge in [0.05, 0.1) is 5.69 Å². The summed E-state index contributed by atoms with van der Waals surface area (Å²) in [5, 5.41) is 2.73. The van der Waals surface area contributed by atoms with Gasteiger partial charge in [-0.2, -0.15) is 0 Å². The molecule has 4 rings (SSSR count). The maximum Gasteiger partial charge on any atom is 0.270 e. The highest BCUT2D eigenvalue weighted by Crippen LogP contribution is 2.27. The third-order valence-corrected chi connectivity index (χ3v) is 5.28. The Balaban J connectivity index is 1.71. The molecule has 1 aliphatic rings. The van der Waals surface area contributed by atoms with Gasteiger partial charge in [0.1, 0.15) is 5.57 Å². The molecule has 6 heteroatoms. The van der Waals surface area contributed by atoms with Gasteiger partial charge in [0, 0.05) is 18.1 Å². The number of amides is 2. The van der Waals surface area contributed by atoms with Crippen LogP contribution in [0.1, 0.15) is 16.7 Å². The zero-order valence-electron chi connectivity index (χ0n) is 16.0. The SMILES string of the molecule is Cc1cccc(N2C(=O)/C(=C\c3ccn(-c4ccccc4)c3)C(=O)NC2=S)c1C. The van der Waals surface area contributed by atoms with Crippen LogP contribution in [0.2, 0.25) is 0 Å². The van der Waals surface area contributed by atoms with E-state index < -0.39 is 11.8 Å². The molecule has 2 aromatic carbocycles. The smallest absolute Gasteiger partial charge is 0.270 e. The molecule has 0 spiro atoms. The number of rotatable bonds is 3. The second-order valence-corrected chi connectivity index (χ2v) is 7.25. The number of aromatic nitrogens is 1. The number of nitrogens with zero attached hydrogens (tertiary/aromatic N) is 2. The number of hydrogen-bond acceptors (Lipinski definition) is 3. The van der Waals surface area contributed by atoms with Crippen LogP contribution in [0, 0.1) is 13.8 Å². The minimum atomic E-state index is -0.492. The lowest BCUT2D eigenvalue weighted by Gasteiger charge is -2.30. The van der Waals surface area contributed by atoms with E-state index in [1.807, 2.05) is 85.4 Å². The summed E-state index contributed by atoms with van der Waals surface area (Å²) in [5.41, 5.74) is 4.45. The molecule has 0 bridgehead atoms. The molecule has 3 aromatic rings. The molecule has 0 atom stereocenters. The molecular weight excluding hydrogens is 382 g/mol. The predicted octanol–water partition coefficient (Wildman–Crippen LogP) is 3.93. The maximum atomic E-state index is 13.2. The number of benzene rings is 2. The van der Waals surface area contributed by atoms with Gasteiger partial charge < -0.3 is 4.57 Å². The number of para-hydroxylation sites is 1. The topological polar surface area (TPSA) is 54.3 Å². The van der Waals surface area contributed by atoms with E-state index in [9.17, 15) is 9.59 Å². The van der Waals surface area contributed by atoms with E-state index in [0.717, 1.165) is 22.4 Å². The van der Waals surface area contributed by atoms with Gasteiger partial charge >= 0.3 is 0 Å². The molecule has 2 amide bonds. The summed E-state index contributed by atoms with van der Waals surface area (Å²) in [5.74, 6) is -0.922. The fourth-order valence-corrected chi connectivity index (χ4v) is 3.55. The van der Waals surface area contributed by atoms with Crippen molar-refractivity contribution in [1.29, 1.82) is 0 Å². The molecule has 0 unspecified atom stereocenters. The molecule has 1 N–H and O–H groups in total. The first-order valence-electron chi connectivity index (χ1n) is 9.17. The van der Waals surface area contributed by atoms with Crippen LogP contribution < -0.4 is 10.2 Å². The first-order valence-corrected chi connectivity index (χ1v) is 9.57. The molecule has 1 fully saturated rings. The van der Waals surface area contributed by atoms with Gasteiger partial charge in [-0.15, -0.1) is 0 Å². The van der Waals surface area contributed by atoms with Crippen molar-refractivity contribution in [1.82, 2.24) is 9.88 Å². The lowest BCUT2D eigenvalue weighted by atomic mass is 10.0. The molecule has 1 saturated heterocycles. The Hall–Kier alpha value is -3.51. The highest BCUT2D eigenvalue weighted by molar-refractivity contribution is 7.80. The molecule has 29 heavy (non-hydrogen) atoms. The van der Waals surface area contributed by atoms with Crippen molar-refractivity contribution in [2.24, 2.45) is 0 Å². The second-order valence-electron chi connectivity index (χ2n) is 6.86. The van der Waals surface area contributed by atoms with Crippen LogP contribution in [0.4, 0.5) is 5.69 Å². The van der Waals surface area contributed by atoms with Gasteiger partial charge in [-0.3, -0.25) is 19.8 Å². The molecule has 1 aliphatic heterocycles. The van der Waals surface area contributed by atoms with Crippen LogP contribution in [0.3, 0.4) is 0 Å². The number of hydrogen-bond donors (Lipinski definition) is 1. The van der Waals surface area contributed by atoms with Crippen molar-refractivity contribution in [3.05, 3.63) is 89.3 Å². The Morgan fingerprint density at radius 1 is 0.966 bits per heavy atom. The Morgan fingerprint density at radius 2 is 1.72 bits per heavy atom. The lowest BCUT2D eigenvalue weighted by molar-refractivity contribution is -0.122. The minimum Gasteiger partial charge on any atom is -0.323 e. The zero-order valence-corrected chi connectivity index (χ0v) is 16.9. The quantitative estimate of drug-likeness (QED) is 0.411. The summed E-state index contributed by atoms with van der Waals surface area (Å²) in [6.07, 6.45) is 5.36. The fourth-order valence-electron chi connectivity index (χ4n) is 3.28. The van der Waals surface area contributed by atoms with Gasteiger partial charge in [-0.25, -0.2) is 0 Å². The summed E-state index contributed by atoms with van der Waals surface area (Å²) in [6.45, 7) is 3.90. The van der Waals surface area contributed by atoms with Crippen LogP contribution in [0.25, 0.3) is 11.8 Å². The third kappa shape index (κ3) is 3.50. The molecule has 0 radical (unpaired) electrons. The number of thiocarbonyl (C=S) groups is 1. The minimum absolute atomic E-state index is 0.0466. The van der Waals surface area contributed by atoms with Crippen molar-refractivity contribution in [2.45, 2.75) is 13.8 Å². The Morgan fingerprint density at radius 3 is 2.48 bits per heavy atom. The standard InChI is InChI=1S/C23H19N3O2S/c1-15-7-6-10-20(16(15)2)26-22(28)19(21(27)24-23(26)29)13-17-11-12-25(14-17)18-8-4-3-5-9-18/h3-14H,1-2H3,(H,24,27,29)/b19-13-. The van der Waals surface area contributed by atoms with Crippen LogP contribution >= 0.6 is 12.2 Å². The Bertz CT molecular complexity index is 1160. The van der Waals surface area contributed by atoms with E-state index >= 15 is 0 Å². The molecule has 1 aromatic heterocycles. The fraction of sp³-hybridized carbons (Fsp3) is 0.0870. The van der Waals surface area contributed by atoms with Gasteiger partial charge in [0.2, 0.25) is 0 Å². The predicted molar refractivity (Wildman–Crippen MR) is 118 cm³/mol. The van der Waals surface area contributed by atoms with Crippen molar-refractivity contribution < 1.29 is 9.59 Å². The van der Waals surface area contributed by atoms with E-state index in [2.05, 4.69) is 5.32 Å². The Kier molecular flexibility index (Phi) is 4.86. The largest absolute Gasteiger partial charge is 0.323 e. The van der Waals surface area contributed by atoms with Crippen molar-refractivity contribution in [2.75, 3.05) is 4.90 Å². The summed E-state index contributed by atoms with van der Waals surface area (Å²) in [4.78, 5) is 27.1.